The largest absolute Gasteiger partial charge is 0.497 e. The Hall–Kier alpha value is -2.31. The molecule has 1 amide bonds. The molecule has 0 radical (unpaired) electrons. The van der Waals surface area contributed by atoms with Gasteiger partial charge in [-0.2, -0.15) is 0 Å². The second kappa shape index (κ2) is 8.18. The number of hydrogen-bond acceptors (Lipinski definition) is 5. The van der Waals surface area contributed by atoms with Crippen LogP contribution in [0.1, 0.15) is 35.0 Å². The van der Waals surface area contributed by atoms with Crippen molar-refractivity contribution in [1.29, 1.82) is 0 Å². The summed E-state index contributed by atoms with van der Waals surface area (Å²) < 4.78 is 10.4. The van der Waals surface area contributed by atoms with Gasteiger partial charge in [-0.15, -0.1) is 0 Å². The van der Waals surface area contributed by atoms with Crippen molar-refractivity contribution in [3.63, 3.8) is 0 Å². The van der Waals surface area contributed by atoms with E-state index in [1.807, 2.05) is 29.2 Å². The number of ether oxygens (including phenoxy) is 1. The summed E-state index contributed by atoms with van der Waals surface area (Å²) in [6, 6.07) is 11.2. The highest BCUT2D eigenvalue weighted by molar-refractivity contribution is 5.91. The first-order valence-electron chi connectivity index (χ1n) is 8.55. The minimum absolute atomic E-state index is 0.0126. The number of aliphatic hydroxyl groups excluding tert-OH is 1. The molecular formula is C19H24N2O4. The van der Waals surface area contributed by atoms with Crippen molar-refractivity contribution in [2.45, 2.75) is 24.9 Å². The first-order chi connectivity index (χ1) is 12.2. The lowest BCUT2D eigenvalue weighted by Crippen LogP contribution is -2.46. The summed E-state index contributed by atoms with van der Waals surface area (Å²) in [6.45, 7) is 1.36. The summed E-state index contributed by atoms with van der Waals surface area (Å²) in [5.41, 5.74) is 0.996. The van der Waals surface area contributed by atoms with Gasteiger partial charge >= 0.3 is 0 Å². The van der Waals surface area contributed by atoms with Gasteiger partial charge in [-0.25, -0.2) is 0 Å². The minimum atomic E-state index is -0.146. The summed E-state index contributed by atoms with van der Waals surface area (Å²) in [4.78, 5) is 14.1. The standard InChI is InChI=1S/C19H24N2O4/c1-24-16-5-2-4-14(12-16)17(13-22)20-15-7-9-21(10-8-15)19(23)18-6-3-11-25-18/h2-6,11-12,15,17,20,22H,7-10,13H2,1H3. The maximum Gasteiger partial charge on any atom is 0.289 e. The lowest BCUT2D eigenvalue weighted by Gasteiger charge is -2.34. The Balaban J connectivity index is 1.56. The van der Waals surface area contributed by atoms with Crippen molar-refractivity contribution in [1.82, 2.24) is 10.2 Å². The topological polar surface area (TPSA) is 74.9 Å². The minimum Gasteiger partial charge on any atom is -0.497 e. The molecule has 6 heteroatoms. The SMILES string of the molecule is COc1cccc(C(CO)NC2CCN(C(=O)c3ccco3)CC2)c1. The van der Waals surface area contributed by atoms with E-state index in [0.717, 1.165) is 24.2 Å². The number of nitrogens with one attached hydrogen (secondary N) is 1. The van der Waals surface area contributed by atoms with Crippen LogP contribution < -0.4 is 10.1 Å². The van der Waals surface area contributed by atoms with E-state index in [2.05, 4.69) is 5.32 Å². The second-order valence-electron chi connectivity index (χ2n) is 6.22. The number of carbonyl (C=O) groups is 1. The number of hydrogen-bond donors (Lipinski definition) is 2. The molecule has 1 aliphatic heterocycles. The lowest BCUT2D eigenvalue weighted by atomic mass is 10.0. The van der Waals surface area contributed by atoms with Crippen LogP contribution in [0.2, 0.25) is 0 Å². The number of nitrogens with zero attached hydrogens (tertiary/aromatic N) is 1. The summed E-state index contributed by atoms with van der Waals surface area (Å²) in [5.74, 6) is 1.10. The fourth-order valence-corrected chi connectivity index (χ4v) is 3.20. The monoisotopic (exact) mass is 344 g/mol. The van der Waals surface area contributed by atoms with Crippen molar-refractivity contribution < 1.29 is 19.1 Å². The molecule has 1 aliphatic rings. The molecule has 1 saturated heterocycles. The van der Waals surface area contributed by atoms with Crippen LogP contribution in [0.5, 0.6) is 5.75 Å². The molecule has 1 fully saturated rings. The van der Waals surface area contributed by atoms with E-state index in [-0.39, 0.29) is 24.6 Å². The number of rotatable bonds is 6. The van der Waals surface area contributed by atoms with E-state index in [1.54, 1.807) is 19.2 Å². The van der Waals surface area contributed by atoms with Crippen molar-refractivity contribution >= 4 is 5.91 Å². The van der Waals surface area contributed by atoms with Gasteiger partial charge in [0.05, 0.1) is 26.0 Å². The molecule has 6 nitrogen and oxygen atoms in total. The fraction of sp³-hybridized carbons (Fsp3) is 0.421. The number of benzene rings is 1. The zero-order chi connectivity index (χ0) is 17.6. The van der Waals surface area contributed by atoms with E-state index in [9.17, 15) is 9.90 Å². The molecular weight excluding hydrogens is 320 g/mol. The highest BCUT2D eigenvalue weighted by atomic mass is 16.5. The Morgan fingerprint density at radius 1 is 1.36 bits per heavy atom. The van der Waals surface area contributed by atoms with Crippen LogP contribution in [0.3, 0.4) is 0 Å². The van der Waals surface area contributed by atoms with Crippen LogP contribution >= 0.6 is 0 Å². The van der Waals surface area contributed by atoms with Crippen molar-refractivity contribution in [3.05, 3.63) is 54.0 Å². The number of piperidine rings is 1. The third kappa shape index (κ3) is 4.21. The molecule has 0 spiro atoms. The van der Waals surface area contributed by atoms with E-state index < -0.39 is 0 Å². The predicted octanol–water partition coefficient (Wildman–Crippen LogP) is 2.22. The Morgan fingerprint density at radius 2 is 2.16 bits per heavy atom. The molecule has 1 atom stereocenters. The quantitative estimate of drug-likeness (QED) is 0.840. The zero-order valence-corrected chi connectivity index (χ0v) is 14.4. The molecule has 0 saturated carbocycles. The highest BCUT2D eigenvalue weighted by Gasteiger charge is 2.26. The molecule has 134 valence electrons. The second-order valence-corrected chi connectivity index (χ2v) is 6.22. The van der Waals surface area contributed by atoms with Crippen molar-refractivity contribution in [3.8, 4) is 5.75 Å². The predicted molar refractivity (Wildman–Crippen MR) is 93.6 cm³/mol. The molecule has 0 aliphatic carbocycles. The van der Waals surface area contributed by atoms with Gasteiger partial charge in [0, 0.05) is 19.1 Å². The van der Waals surface area contributed by atoms with Gasteiger partial charge in [0.15, 0.2) is 5.76 Å². The molecule has 2 aromatic rings. The van der Waals surface area contributed by atoms with Crippen molar-refractivity contribution in [2.75, 3.05) is 26.8 Å². The molecule has 0 bridgehead atoms. The molecule has 2 heterocycles. The maximum atomic E-state index is 12.3. The van der Waals surface area contributed by atoms with Gasteiger partial charge in [-0.1, -0.05) is 12.1 Å². The summed E-state index contributed by atoms with van der Waals surface area (Å²) in [7, 11) is 1.63. The molecule has 1 aromatic carbocycles. The van der Waals surface area contributed by atoms with Gasteiger partial charge in [-0.05, 0) is 42.7 Å². The van der Waals surface area contributed by atoms with Gasteiger partial charge in [0.25, 0.3) is 5.91 Å². The Labute approximate surface area is 147 Å². The van der Waals surface area contributed by atoms with E-state index >= 15 is 0 Å². The van der Waals surface area contributed by atoms with Crippen molar-refractivity contribution in [2.24, 2.45) is 0 Å². The molecule has 1 aromatic heterocycles. The Morgan fingerprint density at radius 3 is 2.80 bits per heavy atom. The Kier molecular flexibility index (Phi) is 5.73. The van der Waals surface area contributed by atoms with Gasteiger partial charge in [0.2, 0.25) is 0 Å². The summed E-state index contributed by atoms with van der Waals surface area (Å²) in [6.07, 6.45) is 3.20. The summed E-state index contributed by atoms with van der Waals surface area (Å²) in [5, 5.41) is 13.3. The molecule has 1 unspecified atom stereocenters. The third-order valence-electron chi connectivity index (χ3n) is 4.63. The third-order valence-corrected chi connectivity index (χ3v) is 4.63. The van der Waals surface area contributed by atoms with Gasteiger partial charge < -0.3 is 24.5 Å². The smallest absolute Gasteiger partial charge is 0.289 e. The van der Waals surface area contributed by atoms with Crippen LogP contribution in [-0.2, 0) is 0 Å². The van der Waals surface area contributed by atoms with Crippen LogP contribution in [0.15, 0.2) is 47.1 Å². The molecule has 25 heavy (non-hydrogen) atoms. The first-order valence-corrected chi connectivity index (χ1v) is 8.55. The van der Waals surface area contributed by atoms with E-state index in [0.29, 0.717) is 18.8 Å². The van der Waals surface area contributed by atoms with Crippen LogP contribution in [0.4, 0.5) is 0 Å². The fourth-order valence-electron chi connectivity index (χ4n) is 3.20. The normalized spacial score (nSPS) is 16.6. The number of carbonyl (C=O) groups excluding carboxylic acids is 1. The summed E-state index contributed by atoms with van der Waals surface area (Å²) >= 11 is 0. The number of furan rings is 1. The maximum absolute atomic E-state index is 12.3. The van der Waals surface area contributed by atoms with E-state index in [1.165, 1.54) is 6.26 Å². The first kappa shape index (κ1) is 17.5. The van der Waals surface area contributed by atoms with Crippen LogP contribution in [-0.4, -0.2) is 48.8 Å². The number of methoxy groups -OCH3 is 1. The molecule has 3 rings (SSSR count). The number of aliphatic hydroxyl groups is 1. The van der Waals surface area contributed by atoms with Gasteiger partial charge in [-0.3, -0.25) is 4.79 Å². The number of likely N-dealkylation sites (tertiary alicyclic amines) is 1. The highest BCUT2D eigenvalue weighted by Crippen LogP contribution is 2.22. The van der Waals surface area contributed by atoms with E-state index in [4.69, 9.17) is 9.15 Å². The van der Waals surface area contributed by atoms with Crippen LogP contribution in [0, 0.1) is 0 Å². The molecule has 2 N–H and O–H groups in total. The zero-order valence-electron chi connectivity index (χ0n) is 14.4. The average Bonchev–Trinajstić information content (AvgIpc) is 3.21. The Bertz CT molecular complexity index is 678. The lowest BCUT2D eigenvalue weighted by molar-refractivity contribution is 0.0665. The van der Waals surface area contributed by atoms with Crippen LogP contribution in [0.25, 0.3) is 0 Å². The number of amides is 1. The average molecular weight is 344 g/mol. The van der Waals surface area contributed by atoms with Gasteiger partial charge in [0.1, 0.15) is 5.75 Å².